The first kappa shape index (κ1) is 16.8. The molecule has 0 fully saturated rings. The number of nitrogens with one attached hydrogen (secondary N) is 1. The molecular weight excluding hydrogens is 286 g/mol. The standard InChI is InChI=1S/C13H20F2N2O2S/c1-4-13(5-2,6-3)17-20(18,19)11-8-9(16)7-10(14)12(11)15/h7-8,17H,4-6,16H2,1-3H3. The lowest BCUT2D eigenvalue weighted by atomic mass is 9.91. The van der Waals surface area contributed by atoms with Gasteiger partial charge in [-0.1, -0.05) is 20.8 Å². The van der Waals surface area contributed by atoms with Gasteiger partial charge in [-0.25, -0.2) is 21.9 Å². The van der Waals surface area contributed by atoms with Gasteiger partial charge in [0.25, 0.3) is 0 Å². The molecule has 1 aromatic carbocycles. The summed E-state index contributed by atoms with van der Waals surface area (Å²) in [6.07, 6.45) is 1.64. The quantitative estimate of drug-likeness (QED) is 0.794. The highest BCUT2D eigenvalue weighted by Gasteiger charge is 2.32. The van der Waals surface area contributed by atoms with Crippen molar-refractivity contribution in [1.29, 1.82) is 0 Å². The summed E-state index contributed by atoms with van der Waals surface area (Å²) in [5, 5.41) is 0. The molecule has 0 bridgehead atoms. The van der Waals surface area contributed by atoms with E-state index in [4.69, 9.17) is 5.73 Å². The molecule has 3 N–H and O–H groups in total. The summed E-state index contributed by atoms with van der Waals surface area (Å²) in [4.78, 5) is -0.755. The molecular formula is C13H20F2N2O2S. The van der Waals surface area contributed by atoms with Crippen LogP contribution in [0.4, 0.5) is 14.5 Å². The van der Waals surface area contributed by atoms with Crippen LogP contribution in [0.15, 0.2) is 17.0 Å². The van der Waals surface area contributed by atoms with E-state index in [-0.39, 0.29) is 5.69 Å². The second-order valence-corrected chi connectivity index (χ2v) is 6.41. The van der Waals surface area contributed by atoms with Crippen molar-refractivity contribution in [2.45, 2.75) is 50.5 Å². The van der Waals surface area contributed by atoms with Crippen molar-refractivity contribution in [2.24, 2.45) is 0 Å². The largest absolute Gasteiger partial charge is 0.399 e. The third kappa shape index (κ3) is 3.27. The maximum Gasteiger partial charge on any atom is 0.244 e. The van der Waals surface area contributed by atoms with E-state index in [1.807, 2.05) is 20.8 Å². The molecule has 0 radical (unpaired) electrons. The minimum atomic E-state index is -4.17. The van der Waals surface area contributed by atoms with Crippen LogP contribution in [0, 0.1) is 11.6 Å². The number of nitrogens with two attached hydrogens (primary N) is 1. The van der Waals surface area contributed by atoms with E-state index in [0.717, 1.165) is 12.1 Å². The summed E-state index contributed by atoms with van der Waals surface area (Å²) in [7, 11) is -4.17. The lowest BCUT2D eigenvalue weighted by Crippen LogP contribution is -2.47. The Morgan fingerprint density at radius 1 is 1.15 bits per heavy atom. The number of rotatable bonds is 6. The van der Waals surface area contributed by atoms with Gasteiger partial charge in [-0.15, -0.1) is 0 Å². The van der Waals surface area contributed by atoms with E-state index in [9.17, 15) is 17.2 Å². The molecule has 0 aliphatic heterocycles. The molecule has 0 saturated carbocycles. The molecule has 0 aromatic heterocycles. The Labute approximate surface area is 118 Å². The highest BCUT2D eigenvalue weighted by molar-refractivity contribution is 7.89. The van der Waals surface area contributed by atoms with Crippen molar-refractivity contribution < 1.29 is 17.2 Å². The van der Waals surface area contributed by atoms with E-state index >= 15 is 0 Å². The summed E-state index contributed by atoms with van der Waals surface area (Å²) in [5.41, 5.74) is 4.57. The number of nitrogen functional groups attached to an aromatic ring is 1. The average Bonchev–Trinajstić information content (AvgIpc) is 2.40. The van der Waals surface area contributed by atoms with Crippen LogP contribution in [-0.4, -0.2) is 14.0 Å². The van der Waals surface area contributed by atoms with Gasteiger partial charge in [0, 0.05) is 11.2 Å². The van der Waals surface area contributed by atoms with Gasteiger partial charge in [-0.3, -0.25) is 0 Å². The van der Waals surface area contributed by atoms with E-state index in [0.29, 0.717) is 19.3 Å². The van der Waals surface area contributed by atoms with Crippen molar-refractivity contribution in [3.63, 3.8) is 0 Å². The Morgan fingerprint density at radius 2 is 1.65 bits per heavy atom. The fourth-order valence-corrected chi connectivity index (χ4v) is 3.82. The van der Waals surface area contributed by atoms with Crippen LogP contribution in [-0.2, 0) is 10.0 Å². The lowest BCUT2D eigenvalue weighted by Gasteiger charge is -2.31. The number of sulfonamides is 1. The minimum absolute atomic E-state index is 0.139. The Kier molecular flexibility index (Phi) is 5.10. The van der Waals surface area contributed by atoms with Crippen LogP contribution in [0.3, 0.4) is 0 Å². The highest BCUT2D eigenvalue weighted by atomic mass is 32.2. The van der Waals surface area contributed by atoms with Crippen LogP contribution < -0.4 is 10.5 Å². The van der Waals surface area contributed by atoms with Crippen molar-refractivity contribution >= 4 is 15.7 Å². The van der Waals surface area contributed by atoms with E-state index in [2.05, 4.69) is 4.72 Å². The number of anilines is 1. The zero-order valence-electron chi connectivity index (χ0n) is 11.8. The third-order valence-electron chi connectivity index (χ3n) is 3.69. The second-order valence-electron chi connectivity index (χ2n) is 4.76. The fourth-order valence-electron chi connectivity index (χ4n) is 2.09. The van der Waals surface area contributed by atoms with Crippen LogP contribution in [0.5, 0.6) is 0 Å². The molecule has 0 atom stereocenters. The number of hydrogen-bond acceptors (Lipinski definition) is 3. The number of hydrogen-bond donors (Lipinski definition) is 2. The SMILES string of the molecule is CCC(CC)(CC)NS(=O)(=O)c1cc(N)cc(F)c1F. The molecule has 114 valence electrons. The predicted octanol–water partition coefficient (Wildman–Crippen LogP) is 2.79. The van der Waals surface area contributed by atoms with Crippen LogP contribution in [0.25, 0.3) is 0 Å². The fraction of sp³-hybridized carbons (Fsp3) is 0.538. The molecule has 4 nitrogen and oxygen atoms in total. The van der Waals surface area contributed by atoms with Gasteiger partial charge < -0.3 is 5.73 Å². The molecule has 20 heavy (non-hydrogen) atoms. The van der Waals surface area contributed by atoms with E-state index in [1.165, 1.54) is 0 Å². The van der Waals surface area contributed by atoms with Crippen LogP contribution in [0.1, 0.15) is 40.0 Å². The molecule has 0 saturated heterocycles. The smallest absolute Gasteiger partial charge is 0.244 e. The van der Waals surface area contributed by atoms with Crippen LogP contribution in [0.2, 0.25) is 0 Å². The molecule has 1 rings (SSSR count). The monoisotopic (exact) mass is 306 g/mol. The Balaban J connectivity index is 3.31. The molecule has 0 amide bonds. The first-order valence-corrected chi connectivity index (χ1v) is 7.98. The maximum absolute atomic E-state index is 13.7. The van der Waals surface area contributed by atoms with Crippen molar-refractivity contribution in [2.75, 3.05) is 5.73 Å². The Morgan fingerprint density at radius 3 is 2.10 bits per heavy atom. The van der Waals surface area contributed by atoms with Crippen LogP contribution >= 0.6 is 0 Å². The average molecular weight is 306 g/mol. The first-order chi connectivity index (χ1) is 9.21. The van der Waals surface area contributed by atoms with Crippen molar-refractivity contribution in [3.05, 3.63) is 23.8 Å². The summed E-state index contributed by atoms with van der Waals surface area (Å²) < 4.78 is 54.0. The molecule has 0 aliphatic carbocycles. The van der Waals surface area contributed by atoms with Crippen molar-refractivity contribution in [1.82, 2.24) is 4.72 Å². The van der Waals surface area contributed by atoms with Gasteiger partial charge in [0.1, 0.15) is 4.90 Å². The molecule has 7 heteroatoms. The van der Waals surface area contributed by atoms with Gasteiger partial charge in [-0.05, 0) is 31.4 Å². The molecule has 1 aromatic rings. The van der Waals surface area contributed by atoms with Gasteiger partial charge in [0.15, 0.2) is 11.6 Å². The van der Waals surface area contributed by atoms with E-state index in [1.54, 1.807) is 0 Å². The molecule has 0 aliphatic rings. The maximum atomic E-state index is 13.7. The topological polar surface area (TPSA) is 72.2 Å². The van der Waals surface area contributed by atoms with Gasteiger partial charge in [0.2, 0.25) is 10.0 Å². The first-order valence-electron chi connectivity index (χ1n) is 6.49. The summed E-state index contributed by atoms with van der Waals surface area (Å²) in [6, 6.07) is 1.67. The summed E-state index contributed by atoms with van der Waals surface area (Å²) in [6.45, 7) is 5.52. The number of halogens is 2. The summed E-state index contributed by atoms with van der Waals surface area (Å²) in [5.74, 6) is -2.69. The highest BCUT2D eigenvalue weighted by Crippen LogP contribution is 2.26. The predicted molar refractivity (Wildman–Crippen MR) is 74.7 cm³/mol. The van der Waals surface area contributed by atoms with E-state index < -0.39 is 32.1 Å². The molecule has 0 heterocycles. The van der Waals surface area contributed by atoms with Gasteiger partial charge >= 0.3 is 0 Å². The normalized spacial score (nSPS) is 12.7. The third-order valence-corrected chi connectivity index (χ3v) is 5.27. The Hall–Kier alpha value is -1.21. The summed E-state index contributed by atoms with van der Waals surface area (Å²) >= 11 is 0. The lowest BCUT2D eigenvalue weighted by molar-refractivity contribution is 0.340. The molecule has 0 spiro atoms. The second kappa shape index (κ2) is 6.05. The minimum Gasteiger partial charge on any atom is -0.399 e. The van der Waals surface area contributed by atoms with Gasteiger partial charge in [-0.2, -0.15) is 0 Å². The number of benzene rings is 1. The van der Waals surface area contributed by atoms with Crippen molar-refractivity contribution in [3.8, 4) is 0 Å². The molecule has 0 unspecified atom stereocenters. The Bertz CT molecular complexity index is 576. The van der Waals surface area contributed by atoms with Gasteiger partial charge in [0.05, 0.1) is 0 Å². The zero-order valence-corrected chi connectivity index (χ0v) is 12.7. The zero-order chi connectivity index (χ0) is 15.6.